The second kappa shape index (κ2) is 11.1. The predicted octanol–water partition coefficient (Wildman–Crippen LogP) is 4.91. The molecule has 2 saturated carbocycles. The molecule has 3 aliphatic heterocycles. The molecule has 1 aromatic heterocycles. The van der Waals surface area contributed by atoms with Crippen LogP contribution in [-0.4, -0.2) is 71.9 Å². The summed E-state index contributed by atoms with van der Waals surface area (Å²) in [6.07, 6.45) is 14.5. The van der Waals surface area contributed by atoms with Gasteiger partial charge in [0.05, 0.1) is 28.5 Å². The summed E-state index contributed by atoms with van der Waals surface area (Å²) in [5, 5.41) is 3.72. The third kappa shape index (κ3) is 5.85. The molecule has 2 aliphatic carbocycles. The number of hydrogen-bond donors (Lipinski definition) is 1. The standard InChI is InChI=1S/C28H35N5O3S/c1-2-29-26(17-35-21-5-3-4-6-21)30-10-9-18-7-8-24-25(11-18)37-28(31-24)32-27(34)19-12-20(13-19)33-15-22-14-23(16-33)36-22/h2,7-11,19-23H,3-6,12-17H2,1H3,(H,31,32,34)/b10-9+,29-2?,30-26?. The zero-order chi connectivity index (χ0) is 25.2. The number of aromatic nitrogens is 1. The maximum Gasteiger partial charge on any atom is 0.229 e. The molecule has 37 heavy (non-hydrogen) atoms. The van der Waals surface area contributed by atoms with Gasteiger partial charge in [0.15, 0.2) is 11.0 Å². The normalized spacial score (nSPS) is 28.7. The van der Waals surface area contributed by atoms with Crippen LogP contribution in [0.4, 0.5) is 5.13 Å². The topological polar surface area (TPSA) is 88.4 Å². The van der Waals surface area contributed by atoms with Crippen molar-refractivity contribution in [3.05, 3.63) is 30.0 Å². The monoisotopic (exact) mass is 521 g/mol. The van der Waals surface area contributed by atoms with Crippen molar-refractivity contribution in [1.29, 1.82) is 0 Å². The van der Waals surface area contributed by atoms with Crippen LogP contribution >= 0.6 is 11.3 Å². The van der Waals surface area contributed by atoms with Gasteiger partial charge in [0.2, 0.25) is 5.91 Å². The van der Waals surface area contributed by atoms with Gasteiger partial charge < -0.3 is 14.8 Å². The molecule has 1 aromatic carbocycles. The largest absolute Gasteiger partial charge is 0.372 e. The number of rotatable bonds is 8. The molecule has 1 amide bonds. The molecule has 9 heteroatoms. The van der Waals surface area contributed by atoms with Crippen LogP contribution in [0.25, 0.3) is 16.3 Å². The predicted molar refractivity (Wildman–Crippen MR) is 148 cm³/mol. The van der Waals surface area contributed by atoms with Crippen molar-refractivity contribution in [1.82, 2.24) is 9.88 Å². The lowest BCUT2D eigenvalue weighted by Gasteiger charge is -2.52. The van der Waals surface area contributed by atoms with Crippen molar-refractivity contribution >= 4 is 50.7 Å². The zero-order valence-corrected chi connectivity index (χ0v) is 22.2. The average Bonchev–Trinajstić information content (AvgIpc) is 3.50. The van der Waals surface area contributed by atoms with E-state index in [4.69, 9.17) is 9.47 Å². The number of fused-ring (bicyclic) bond motifs is 3. The molecule has 7 rings (SSSR count). The summed E-state index contributed by atoms with van der Waals surface area (Å²) in [6, 6.07) is 6.61. The van der Waals surface area contributed by atoms with Gasteiger partial charge in [-0.15, -0.1) is 0 Å². The van der Waals surface area contributed by atoms with E-state index in [1.165, 1.54) is 30.6 Å². The summed E-state index contributed by atoms with van der Waals surface area (Å²) >= 11 is 1.51. The van der Waals surface area contributed by atoms with Gasteiger partial charge in [-0.05, 0) is 56.4 Å². The van der Waals surface area contributed by atoms with E-state index in [1.54, 1.807) is 12.4 Å². The van der Waals surface area contributed by atoms with Gasteiger partial charge in [-0.25, -0.2) is 15.0 Å². The Balaban J connectivity index is 1.02. The first-order chi connectivity index (χ1) is 18.1. The van der Waals surface area contributed by atoms with Gasteiger partial charge in [0.1, 0.15) is 6.61 Å². The number of anilines is 1. The van der Waals surface area contributed by atoms with Crippen molar-refractivity contribution in [3.8, 4) is 0 Å². The number of nitrogens with one attached hydrogen (secondary N) is 1. The van der Waals surface area contributed by atoms with Crippen molar-refractivity contribution in [3.63, 3.8) is 0 Å². The van der Waals surface area contributed by atoms with Crippen LogP contribution in [0.2, 0.25) is 0 Å². The molecule has 0 radical (unpaired) electrons. The number of carbonyl (C=O) groups excluding carboxylic acids is 1. The van der Waals surface area contributed by atoms with Crippen molar-refractivity contribution in [2.75, 3.05) is 25.0 Å². The van der Waals surface area contributed by atoms with E-state index in [2.05, 4.69) is 31.3 Å². The van der Waals surface area contributed by atoms with E-state index in [0.29, 0.717) is 41.9 Å². The van der Waals surface area contributed by atoms with Crippen LogP contribution in [0.3, 0.4) is 0 Å². The Morgan fingerprint density at radius 1 is 1.24 bits per heavy atom. The van der Waals surface area contributed by atoms with Crippen molar-refractivity contribution in [2.24, 2.45) is 15.9 Å². The third-order valence-electron chi connectivity index (χ3n) is 7.95. The Bertz CT molecular complexity index is 1200. The Morgan fingerprint density at radius 3 is 2.78 bits per heavy atom. The quantitative estimate of drug-likeness (QED) is 0.394. The van der Waals surface area contributed by atoms with Crippen LogP contribution in [0.15, 0.2) is 34.4 Å². The van der Waals surface area contributed by atoms with E-state index >= 15 is 0 Å². The summed E-state index contributed by atoms with van der Waals surface area (Å²) in [5.74, 6) is 0.843. The lowest BCUT2D eigenvalue weighted by atomic mass is 9.77. The summed E-state index contributed by atoms with van der Waals surface area (Å²) in [6.45, 7) is 4.37. The second-order valence-corrected chi connectivity index (χ2v) is 11.6. The Labute approximate surface area is 221 Å². The van der Waals surface area contributed by atoms with Gasteiger partial charge >= 0.3 is 0 Å². The number of piperidine rings is 1. The van der Waals surface area contributed by atoms with Crippen molar-refractivity contribution in [2.45, 2.75) is 76.2 Å². The molecule has 2 bridgehead atoms. The molecular weight excluding hydrogens is 486 g/mol. The Hall–Kier alpha value is -2.46. The molecule has 3 saturated heterocycles. The van der Waals surface area contributed by atoms with Gasteiger partial charge in [-0.1, -0.05) is 30.2 Å². The molecule has 2 atom stereocenters. The number of ether oxygens (including phenoxy) is 2. The maximum atomic E-state index is 12.8. The first-order valence-corrected chi connectivity index (χ1v) is 14.4. The second-order valence-electron chi connectivity index (χ2n) is 10.6. The minimum absolute atomic E-state index is 0.0742. The van der Waals surface area contributed by atoms with E-state index in [-0.39, 0.29) is 11.8 Å². The number of nitrogens with zero attached hydrogens (tertiary/aromatic N) is 4. The molecule has 2 aromatic rings. The fraction of sp³-hybridized carbons (Fsp3) is 0.571. The minimum Gasteiger partial charge on any atom is -0.372 e. The number of benzene rings is 1. The highest BCUT2D eigenvalue weighted by molar-refractivity contribution is 7.22. The van der Waals surface area contributed by atoms with Gasteiger partial charge in [-0.3, -0.25) is 9.69 Å². The fourth-order valence-corrected chi connectivity index (χ4v) is 6.72. The summed E-state index contributed by atoms with van der Waals surface area (Å²) in [5.41, 5.74) is 1.92. The lowest BCUT2D eigenvalue weighted by Crippen LogP contribution is -2.62. The molecule has 2 unspecified atom stereocenters. The molecule has 1 N–H and O–H groups in total. The molecule has 8 nitrogen and oxygen atoms in total. The van der Waals surface area contributed by atoms with Crippen LogP contribution in [0.5, 0.6) is 0 Å². The first-order valence-electron chi connectivity index (χ1n) is 13.6. The zero-order valence-electron chi connectivity index (χ0n) is 21.3. The lowest BCUT2D eigenvalue weighted by molar-refractivity contribution is -0.195. The Morgan fingerprint density at radius 2 is 2.03 bits per heavy atom. The average molecular weight is 522 g/mol. The molecule has 0 spiro atoms. The third-order valence-corrected chi connectivity index (χ3v) is 8.88. The first kappa shape index (κ1) is 24.9. The summed E-state index contributed by atoms with van der Waals surface area (Å²) in [7, 11) is 0. The van der Waals surface area contributed by atoms with Crippen LogP contribution in [-0.2, 0) is 14.3 Å². The number of amidine groups is 1. The summed E-state index contributed by atoms with van der Waals surface area (Å²) in [4.78, 5) is 28.8. The molecule has 4 heterocycles. The van der Waals surface area contributed by atoms with E-state index in [9.17, 15) is 4.79 Å². The number of amides is 1. The van der Waals surface area contributed by atoms with Crippen LogP contribution < -0.4 is 5.32 Å². The number of hydrogen-bond acceptors (Lipinski definition) is 7. The van der Waals surface area contributed by atoms with E-state index < -0.39 is 0 Å². The van der Waals surface area contributed by atoms with Crippen LogP contribution in [0.1, 0.15) is 57.4 Å². The minimum atomic E-state index is 0.0742. The number of thiazole rings is 1. The molecule has 5 fully saturated rings. The van der Waals surface area contributed by atoms with Gasteiger partial charge in [0, 0.05) is 43.9 Å². The molecule has 196 valence electrons. The van der Waals surface area contributed by atoms with Crippen molar-refractivity contribution < 1.29 is 14.3 Å². The number of carbonyl (C=O) groups is 1. The van der Waals surface area contributed by atoms with E-state index in [0.717, 1.165) is 54.6 Å². The molecular formula is C28H35N5O3S. The maximum absolute atomic E-state index is 12.8. The number of aliphatic imine (C=N–C) groups is 2. The van der Waals surface area contributed by atoms with Gasteiger partial charge in [0.25, 0.3) is 0 Å². The highest BCUT2D eigenvalue weighted by Gasteiger charge is 2.45. The smallest absolute Gasteiger partial charge is 0.229 e. The number of morpholine rings is 1. The molecule has 5 aliphatic rings. The van der Waals surface area contributed by atoms with Crippen LogP contribution in [0, 0.1) is 5.92 Å². The van der Waals surface area contributed by atoms with E-state index in [1.807, 2.05) is 25.1 Å². The highest BCUT2D eigenvalue weighted by Crippen LogP contribution is 2.38. The summed E-state index contributed by atoms with van der Waals surface area (Å²) < 4.78 is 12.7. The Kier molecular flexibility index (Phi) is 7.46. The highest BCUT2D eigenvalue weighted by atomic mass is 32.1. The fourth-order valence-electron chi connectivity index (χ4n) is 5.80. The van der Waals surface area contributed by atoms with Gasteiger partial charge in [-0.2, -0.15) is 0 Å². The SMILES string of the molecule is CC=NC(COC1CCCC1)=N/C=C/c1ccc2nc(NC(=O)C3CC(N4CC5CC(C4)O5)C3)sc2c1.